The first kappa shape index (κ1) is 14.0. The van der Waals surface area contributed by atoms with E-state index >= 15 is 0 Å². The molecule has 0 bridgehead atoms. The molecule has 0 aliphatic rings. The number of aliphatic hydroxyl groups is 1. The summed E-state index contributed by atoms with van der Waals surface area (Å²) in [6.45, 7) is 3.05. The van der Waals surface area contributed by atoms with Gasteiger partial charge in [-0.2, -0.15) is 0 Å². The van der Waals surface area contributed by atoms with Crippen molar-refractivity contribution >= 4 is 10.8 Å². The Morgan fingerprint density at radius 1 is 1.00 bits per heavy atom. The molecule has 2 rings (SSSR count). The molecular weight excluding hydrogens is 238 g/mol. The second kappa shape index (κ2) is 7.89. The van der Waals surface area contributed by atoms with Crippen molar-refractivity contribution in [3.05, 3.63) is 48.0 Å². The number of rotatable bonds is 8. The molecule has 0 spiro atoms. The molecule has 0 saturated heterocycles. The van der Waals surface area contributed by atoms with Crippen LogP contribution in [0.2, 0.25) is 0 Å². The van der Waals surface area contributed by atoms with E-state index in [0.717, 1.165) is 19.5 Å². The quantitative estimate of drug-likeness (QED) is 0.715. The van der Waals surface area contributed by atoms with Crippen LogP contribution in [0.15, 0.2) is 42.5 Å². The molecule has 0 saturated carbocycles. The lowest BCUT2D eigenvalue weighted by Gasteiger charge is -2.06. The van der Waals surface area contributed by atoms with E-state index in [2.05, 4.69) is 47.8 Å². The molecule has 0 amide bonds. The van der Waals surface area contributed by atoms with E-state index in [1.165, 1.54) is 16.3 Å². The van der Waals surface area contributed by atoms with Crippen molar-refractivity contribution < 1.29 is 9.84 Å². The first-order valence-electron chi connectivity index (χ1n) is 6.77. The highest BCUT2D eigenvalue weighted by molar-refractivity contribution is 5.82. The highest BCUT2D eigenvalue weighted by Crippen LogP contribution is 2.15. The van der Waals surface area contributed by atoms with Crippen LogP contribution in [0, 0.1) is 0 Å². The van der Waals surface area contributed by atoms with E-state index in [1.54, 1.807) is 0 Å². The van der Waals surface area contributed by atoms with Gasteiger partial charge in [0.15, 0.2) is 0 Å². The maximum Gasteiger partial charge on any atom is 0.0697 e. The molecule has 2 aromatic rings. The topological polar surface area (TPSA) is 41.5 Å². The highest BCUT2D eigenvalue weighted by Gasteiger charge is 1.96. The minimum absolute atomic E-state index is 0.102. The molecular formula is C16H21NO2. The molecule has 0 atom stereocenters. The number of aliphatic hydroxyl groups excluding tert-OH is 1. The van der Waals surface area contributed by atoms with E-state index < -0.39 is 0 Å². The van der Waals surface area contributed by atoms with Gasteiger partial charge in [-0.1, -0.05) is 36.4 Å². The minimum Gasteiger partial charge on any atom is -0.394 e. The number of nitrogens with one attached hydrogen (secondary N) is 1. The van der Waals surface area contributed by atoms with Gasteiger partial charge in [0.2, 0.25) is 0 Å². The van der Waals surface area contributed by atoms with Crippen molar-refractivity contribution in [1.29, 1.82) is 0 Å². The third-order valence-corrected chi connectivity index (χ3v) is 3.02. The normalized spacial score (nSPS) is 11.0. The Labute approximate surface area is 114 Å². The lowest BCUT2D eigenvalue weighted by atomic mass is 10.1. The van der Waals surface area contributed by atoms with E-state index in [9.17, 15) is 0 Å². The van der Waals surface area contributed by atoms with E-state index in [4.69, 9.17) is 9.84 Å². The Balaban J connectivity index is 1.72. The molecule has 0 radical (unpaired) electrons. The predicted octanol–water partition coefficient (Wildman–Crippen LogP) is 2.33. The molecule has 0 fully saturated rings. The van der Waals surface area contributed by atoms with Gasteiger partial charge in [0.1, 0.15) is 0 Å². The Kier molecular flexibility index (Phi) is 5.82. The maximum absolute atomic E-state index is 8.56. The second-order valence-electron chi connectivity index (χ2n) is 4.55. The zero-order valence-electron chi connectivity index (χ0n) is 11.1. The number of hydrogen-bond acceptors (Lipinski definition) is 3. The van der Waals surface area contributed by atoms with Crippen molar-refractivity contribution in [1.82, 2.24) is 5.32 Å². The molecule has 3 heteroatoms. The van der Waals surface area contributed by atoms with Crippen LogP contribution in [0.25, 0.3) is 10.8 Å². The zero-order chi connectivity index (χ0) is 13.3. The van der Waals surface area contributed by atoms with Gasteiger partial charge in [-0.15, -0.1) is 0 Å². The van der Waals surface area contributed by atoms with Gasteiger partial charge in [0.05, 0.1) is 13.2 Å². The summed E-state index contributed by atoms with van der Waals surface area (Å²) in [4.78, 5) is 0. The van der Waals surface area contributed by atoms with Crippen LogP contribution < -0.4 is 5.32 Å². The van der Waals surface area contributed by atoms with E-state index in [-0.39, 0.29) is 6.61 Å². The first-order chi connectivity index (χ1) is 9.40. The molecule has 0 aliphatic carbocycles. The fraction of sp³-hybridized carbons (Fsp3) is 0.375. The molecule has 0 unspecified atom stereocenters. The number of fused-ring (bicyclic) bond motifs is 1. The molecule has 3 nitrogen and oxygen atoms in total. The lowest BCUT2D eigenvalue weighted by molar-refractivity contribution is 0.0907. The lowest BCUT2D eigenvalue weighted by Crippen LogP contribution is -2.16. The third-order valence-electron chi connectivity index (χ3n) is 3.02. The average Bonchev–Trinajstić information content (AvgIpc) is 2.46. The van der Waals surface area contributed by atoms with Crippen LogP contribution in [0.1, 0.15) is 12.0 Å². The minimum atomic E-state index is 0.102. The van der Waals surface area contributed by atoms with Crippen LogP contribution in [-0.2, 0) is 11.3 Å². The smallest absolute Gasteiger partial charge is 0.0697 e. The summed E-state index contributed by atoms with van der Waals surface area (Å²) in [5, 5.41) is 14.5. The van der Waals surface area contributed by atoms with Gasteiger partial charge >= 0.3 is 0 Å². The SMILES string of the molecule is OCCOCCCNCc1ccc2ccccc2c1. The van der Waals surface area contributed by atoms with Crippen molar-refractivity contribution in [3.8, 4) is 0 Å². The van der Waals surface area contributed by atoms with Gasteiger partial charge in [0, 0.05) is 13.2 Å². The molecule has 0 heterocycles. The summed E-state index contributed by atoms with van der Waals surface area (Å²) in [6.07, 6.45) is 0.966. The van der Waals surface area contributed by atoms with Gasteiger partial charge < -0.3 is 15.2 Å². The predicted molar refractivity (Wildman–Crippen MR) is 78.2 cm³/mol. The van der Waals surface area contributed by atoms with Crippen molar-refractivity contribution in [2.75, 3.05) is 26.4 Å². The summed E-state index contributed by atoms with van der Waals surface area (Å²) in [5.41, 5.74) is 1.30. The van der Waals surface area contributed by atoms with Crippen molar-refractivity contribution in [2.24, 2.45) is 0 Å². The van der Waals surface area contributed by atoms with Gasteiger partial charge in [-0.3, -0.25) is 0 Å². The first-order valence-corrected chi connectivity index (χ1v) is 6.77. The van der Waals surface area contributed by atoms with Gasteiger partial charge in [-0.05, 0) is 35.4 Å². The molecule has 2 aromatic carbocycles. The third kappa shape index (κ3) is 4.63. The average molecular weight is 259 g/mol. The summed E-state index contributed by atoms with van der Waals surface area (Å²) in [7, 11) is 0. The van der Waals surface area contributed by atoms with Crippen LogP contribution in [0.3, 0.4) is 0 Å². The second-order valence-corrected chi connectivity index (χ2v) is 4.55. The Hall–Kier alpha value is -1.42. The highest BCUT2D eigenvalue weighted by atomic mass is 16.5. The van der Waals surface area contributed by atoms with E-state index in [0.29, 0.717) is 13.2 Å². The van der Waals surface area contributed by atoms with Crippen LogP contribution in [0.4, 0.5) is 0 Å². The van der Waals surface area contributed by atoms with Crippen LogP contribution in [0.5, 0.6) is 0 Å². The Morgan fingerprint density at radius 3 is 2.68 bits per heavy atom. The fourth-order valence-electron chi connectivity index (χ4n) is 2.05. The Morgan fingerprint density at radius 2 is 1.84 bits per heavy atom. The summed E-state index contributed by atoms with van der Waals surface area (Å²) in [5.74, 6) is 0. The summed E-state index contributed by atoms with van der Waals surface area (Å²) in [6, 6.07) is 15.0. The standard InChI is InChI=1S/C16H21NO2/c18-9-11-19-10-3-8-17-13-14-6-7-15-4-1-2-5-16(15)12-14/h1-2,4-7,12,17-18H,3,8-11,13H2. The zero-order valence-corrected chi connectivity index (χ0v) is 11.1. The van der Waals surface area contributed by atoms with Crippen LogP contribution >= 0.6 is 0 Å². The molecule has 2 N–H and O–H groups in total. The largest absolute Gasteiger partial charge is 0.394 e. The maximum atomic E-state index is 8.56. The number of ether oxygens (including phenoxy) is 1. The van der Waals surface area contributed by atoms with Crippen LogP contribution in [-0.4, -0.2) is 31.5 Å². The molecule has 0 aliphatic heterocycles. The molecule has 102 valence electrons. The van der Waals surface area contributed by atoms with Gasteiger partial charge in [0.25, 0.3) is 0 Å². The Bertz CT molecular complexity index is 499. The number of hydrogen-bond donors (Lipinski definition) is 2. The molecule has 0 aromatic heterocycles. The fourth-order valence-corrected chi connectivity index (χ4v) is 2.05. The van der Waals surface area contributed by atoms with Gasteiger partial charge in [-0.25, -0.2) is 0 Å². The monoisotopic (exact) mass is 259 g/mol. The summed E-state index contributed by atoms with van der Waals surface area (Å²) < 4.78 is 5.20. The summed E-state index contributed by atoms with van der Waals surface area (Å²) >= 11 is 0. The van der Waals surface area contributed by atoms with Crippen molar-refractivity contribution in [3.63, 3.8) is 0 Å². The number of benzene rings is 2. The molecule has 19 heavy (non-hydrogen) atoms. The van der Waals surface area contributed by atoms with E-state index in [1.807, 2.05) is 0 Å². The van der Waals surface area contributed by atoms with Crippen molar-refractivity contribution in [2.45, 2.75) is 13.0 Å².